The Bertz CT molecular complexity index is 424. The molecule has 0 aromatic carbocycles. The first-order valence-electron chi connectivity index (χ1n) is 6.84. The van der Waals surface area contributed by atoms with Gasteiger partial charge < -0.3 is 20.5 Å². The molecule has 0 aliphatic heterocycles. The van der Waals surface area contributed by atoms with Crippen LogP contribution in [0.5, 0.6) is 0 Å². The van der Waals surface area contributed by atoms with E-state index >= 15 is 0 Å². The van der Waals surface area contributed by atoms with Crippen LogP contribution in [0.4, 0.5) is 11.5 Å². The van der Waals surface area contributed by atoms with Crippen LogP contribution in [0.15, 0.2) is 12.3 Å². The van der Waals surface area contributed by atoms with E-state index in [2.05, 4.69) is 10.3 Å². The molecule has 20 heavy (non-hydrogen) atoms. The predicted octanol–water partition coefficient (Wildman–Crippen LogP) is 2.07. The summed E-state index contributed by atoms with van der Waals surface area (Å²) in [6.45, 7) is 3.60. The lowest BCUT2D eigenvalue weighted by molar-refractivity contribution is 0.0527. The first-order chi connectivity index (χ1) is 9.69. The average Bonchev–Trinajstić information content (AvgIpc) is 2.44. The standard InChI is InChI=1S/C14H23N3O3/c1-3-20-14(18)12-9-11(15)10-17-13(12)16-7-5-4-6-8-19-2/h9-10H,3-8,15H2,1-2H3,(H,16,17). The zero-order chi connectivity index (χ0) is 14.8. The van der Waals surface area contributed by atoms with Crippen LogP contribution in [0.1, 0.15) is 36.5 Å². The summed E-state index contributed by atoms with van der Waals surface area (Å²) in [5.41, 5.74) is 6.48. The van der Waals surface area contributed by atoms with E-state index < -0.39 is 5.97 Å². The normalized spacial score (nSPS) is 10.3. The van der Waals surface area contributed by atoms with Gasteiger partial charge in [-0.05, 0) is 32.3 Å². The second-order valence-corrected chi connectivity index (χ2v) is 4.37. The van der Waals surface area contributed by atoms with Gasteiger partial charge in [0.15, 0.2) is 0 Å². The number of aromatic nitrogens is 1. The molecule has 6 heteroatoms. The van der Waals surface area contributed by atoms with Crippen LogP contribution in [0, 0.1) is 0 Å². The van der Waals surface area contributed by atoms with Crippen LogP contribution in [-0.2, 0) is 9.47 Å². The number of ether oxygens (including phenoxy) is 2. The van der Waals surface area contributed by atoms with Gasteiger partial charge in [-0.3, -0.25) is 0 Å². The van der Waals surface area contributed by atoms with Gasteiger partial charge in [0.2, 0.25) is 0 Å². The Labute approximate surface area is 119 Å². The van der Waals surface area contributed by atoms with Gasteiger partial charge in [-0.1, -0.05) is 0 Å². The number of nitrogen functional groups attached to an aromatic ring is 1. The van der Waals surface area contributed by atoms with Crippen LogP contribution in [-0.4, -0.2) is 37.8 Å². The number of unbranched alkanes of at least 4 members (excludes halogenated alkanes) is 2. The van der Waals surface area contributed by atoms with Crippen LogP contribution >= 0.6 is 0 Å². The van der Waals surface area contributed by atoms with Crippen LogP contribution < -0.4 is 11.1 Å². The van der Waals surface area contributed by atoms with E-state index in [9.17, 15) is 4.79 Å². The highest BCUT2D eigenvalue weighted by Crippen LogP contribution is 2.17. The monoisotopic (exact) mass is 281 g/mol. The molecule has 0 radical (unpaired) electrons. The van der Waals surface area contributed by atoms with E-state index in [4.69, 9.17) is 15.2 Å². The first-order valence-corrected chi connectivity index (χ1v) is 6.84. The van der Waals surface area contributed by atoms with Crippen molar-refractivity contribution in [1.29, 1.82) is 0 Å². The minimum atomic E-state index is -0.408. The van der Waals surface area contributed by atoms with Crippen molar-refractivity contribution in [3.05, 3.63) is 17.8 Å². The van der Waals surface area contributed by atoms with Gasteiger partial charge in [0.05, 0.1) is 18.5 Å². The Hall–Kier alpha value is -1.82. The summed E-state index contributed by atoms with van der Waals surface area (Å²) in [5.74, 6) is 0.110. The van der Waals surface area contributed by atoms with Crippen molar-refractivity contribution in [3.8, 4) is 0 Å². The summed E-state index contributed by atoms with van der Waals surface area (Å²) < 4.78 is 9.98. The number of pyridine rings is 1. The molecule has 0 saturated carbocycles. The molecule has 1 aromatic heterocycles. The van der Waals surface area contributed by atoms with E-state index in [-0.39, 0.29) is 0 Å². The third-order valence-corrected chi connectivity index (χ3v) is 2.72. The molecule has 1 heterocycles. The molecule has 0 atom stereocenters. The van der Waals surface area contributed by atoms with Crippen molar-refractivity contribution < 1.29 is 14.3 Å². The molecule has 0 saturated heterocycles. The van der Waals surface area contributed by atoms with E-state index in [0.29, 0.717) is 23.7 Å². The highest BCUT2D eigenvalue weighted by Gasteiger charge is 2.14. The Morgan fingerprint density at radius 3 is 2.90 bits per heavy atom. The fraction of sp³-hybridized carbons (Fsp3) is 0.571. The number of hydrogen-bond donors (Lipinski definition) is 2. The Morgan fingerprint density at radius 1 is 1.40 bits per heavy atom. The molecule has 0 aliphatic carbocycles. The lowest BCUT2D eigenvalue weighted by Gasteiger charge is -2.11. The van der Waals surface area contributed by atoms with Gasteiger partial charge in [0.1, 0.15) is 11.4 Å². The summed E-state index contributed by atoms with van der Waals surface area (Å²) in [6, 6.07) is 1.58. The number of nitrogens with zero attached hydrogens (tertiary/aromatic N) is 1. The van der Waals surface area contributed by atoms with Crippen LogP contribution in [0.3, 0.4) is 0 Å². The van der Waals surface area contributed by atoms with Crippen LogP contribution in [0.2, 0.25) is 0 Å². The van der Waals surface area contributed by atoms with E-state index in [1.54, 1.807) is 20.1 Å². The SMILES string of the molecule is CCOC(=O)c1cc(N)cnc1NCCCCCOC. The zero-order valence-electron chi connectivity index (χ0n) is 12.1. The first kappa shape index (κ1) is 16.2. The number of anilines is 2. The number of nitrogens with two attached hydrogens (primary N) is 1. The number of carbonyl (C=O) groups excluding carboxylic acids is 1. The summed E-state index contributed by atoms with van der Waals surface area (Å²) >= 11 is 0. The topological polar surface area (TPSA) is 86.5 Å². The molecular formula is C14H23N3O3. The number of hydrogen-bond acceptors (Lipinski definition) is 6. The van der Waals surface area contributed by atoms with Crippen molar-refractivity contribution in [2.75, 3.05) is 37.9 Å². The second-order valence-electron chi connectivity index (χ2n) is 4.37. The molecule has 0 aliphatic rings. The quantitative estimate of drug-likeness (QED) is 0.532. The second kappa shape index (κ2) is 9.14. The summed E-state index contributed by atoms with van der Waals surface area (Å²) in [5, 5.41) is 3.15. The van der Waals surface area contributed by atoms with Crippen molar-refractivity contribution in [2.45, 2.75) is 26.2 Å². The third kappa shape index (κ3) is 5.44. The van der Waals surface area contributed by atoms with Gasteiger partial charge >= 0.3 is 5.97 Å². The minimum absolute atomic E-state index is 0.324. The number of carbonyl (C=O) groups is 1. The molecular weight excluding hydrogens is 258 g/mol. The predicted molar refractivity (Wildman–Crippen MR) is 78.8 cm³/mol. The zero-order valence-corrected chi connectivity index (χ0v) is 12.1. The number of esters is 1. The largest absolute Gasteiger partial charge is 0.462 e. The molecule has 3 N–H and O–H groups in total. The van der Waals surface area contributed by atoms with Gasteiger partial charge in [-0.25, -0.2) is 9.78 Å². The summed E-state index contributed by atoms with van der Waals surface area (Å²) in [4.78, 5) is 16.0. The van der Waals surface area contributed by atoms with Gasteiger partial charge in [-0.15, -0.1) is 0 Å². The summed E-state index contributed by atoms with van der Waals surface area (Å²) in [6.07, 6.45) is 4.59. The molecule has 1 aromatic rings. The maximum absolute atomic E-state index is 11.8. The lowest BCUT2D eigenvalue weighted by Crippen LogP contribution is -2.13. The fourth-order valence-electron chi connectivity index (χ4n) is 1.74. The van der Waals surface area contributed by atoms with Gasteiger partial charge in [0, 0.05) is 20.3 Å². The molecule has 0 unspecified atom stereocenters. The van der Waals surface area contributed by atoms with Gasteiger partial charge in [-0.2, -0.15) is 0 Å². The fourth-order valence-corrected chi connectivity index (χ4v) is 1.74. The highest BCUT2D eigenvalue weighted by atomic mass is 16.5. The Kier molecular flexibility index (Phi) is 7.42. The lowest BCUT2D eigenvalue weighted by atomic mass is 10.2. The minimum Gasteiger partial charge on any atom is -0.462 e. The highest BCUT2D eigenvalue weighted by molar-refractivity contribution is 5.95. The van der Waals surface area contributed by atoms with Crippen LogP contribution in [0.25, 0.3) is 0 Å². The Morgan fingerprint density at radius 2 is 2.20 bits per heavy atom. The molecule has 0 bridgehead atoms. The van der Waals surface area contributed by atoms with E-state index in [1.165, 1.54) is 6.20 Å². The molecule has 0 spiro atoms. The molecule has 112 valence electrons. The van der Waals surface area contributed by atoms with Crippen molar-refractivity contribution in [3.63, 3.8) is 0 Å². The number of nitrogens with one attached hydrogen (secondary N) is 1. The molecule has 6 nitrogen and oxygen atoms in total. The molecule has 0 amide bonds. The molecule has 0 fully saturated rings. The maximum atomic E-state index is 11.8. The van der Waals surface area contributed by atoms with Crippen molar-refractivity contribution in [2.24, 2.45) is 0 Å². The van der Waals surface area contributed by atoms with E-state index in [1.807, 2.05) is 0 Å². The Balaban J connectivity index is 2.53. The molecule has 1 rings (SSSR count). The third-order valence-electron chi connectivity index (χ3n) is 2.72. The number of methoxy groups -OCH3 is 1. The maximum Gasteiger partial charge on any atom is 0.341 e. The van der Waals surface area contributed by atoms with Gasteiger partial charge in [0.25, 0.3) is 0 Å². The van der Waals surface area contributed by atoms with E-state index in [0.717, 1.165) is 32.4 Å². The average molecular weight is 281 g/mol. The smallest absolute Gasteiger partial charge is 0.341 e. The van der Waals surface area contributed by atoms with Crippen molar-refractivity contribution >= 4 is 17.5 Å². The van der Waals surface area contributed by atoms with Crippen molar-refractivity contribution in [1.82, 2.24) is 4.98 Å². The summed E-state index contributed by atoms with van der Waals surface area (Å²) in [7, 11) is 1.70. The number of rotatable bonds is 9.